The minimum Gasteiger partial charge on any atom is -0.490 e. The van der Waals surface area contributed by atoms with Gasteiger partial charge in [0.25, 0.3) is 5.56 Å². The van der Waals surface area contributed by atoms with Crippen molar-refractivity contribution in [3.05, 3.63) is 52.8 Å². The number of para-hydroxylation sites is 1. The maximum absolute atomic E-state index is 12.3. The van der Waals surface area contributed by atoms with Crippen LogP contribution in [-0.2, 0) is 0 Å². The molecule has 0 aliphatic heterocycles. The molecule has 2 aromatic carbocycles. The average molecular weight is 309 g/mol. The second kappa shape index (κ2) is 5.44. The van der Waals surface area contributed by atoms with Crippen molar-refractivity contribution < 1.29 is 14.3 Å². The van der Waals surface area contributed by atoms with Crippen LogP contribution in [0.2, 0.25) is 0 Å². The lowest BCUT2D eigenvalue weighted by molar-refractivity contribution is 0.233. The van der Waals surface area contributed by atoms with Gasteiger partial charge in [-0.25, -0.2) is 0 Å². The standard InChI is InChI=1S/C18H15NO4/c20-9-4-10-22-14-8-3-7-13-15-17(23-16(13)14)11-5-1-2-6-12(11)18(21)19-15/h1-3,5-8,20H,4,9-10H2,(H,19,21). The summed E-state index contributed by atoms with van der Waals surface area (Å²) in [5.41, 5.74) is 1.79. The van der Waals surface area contributed by atoms with E-state index in [9.17, 15) is 4.79 Å². The molecule has 0 amide bonds. The maximum Gasteiger partial charge on any atom is 0.256 e. The van der Waals surface area contributed by atoms with Gasteiger partial charge in [0.05, 0.1) is 17.5 Å². The molecule has 0 fully saturated rings. The summed E-state index contributed by atoms with van der Waals surface area (Å²) in [6.45, 7) is 0.484. The number of rotatable bonds is 4. The third kappa shape index (κ3) is 2.17. The lowest BCUT2D eigenvalue weighted by Gasteiger charge is -2.04. The van der Waals surface area contributed by atoms with E-state index in [4.69, 9.17) is 14.3 Å². The third-order valence-electron chi connectivity index (χ3n) is 3.89. The molecule has 5 nitrogen and oxygen atoms in total. The zero-order chi connectivity index (χ0) is 15.8. The first-order chi connectivity index (χ1) is 11.3. The smallest absolute Gasteiger partial charge is 0.256 e. The largest absolute Gasteiger partial charge is 0.490 e. The Morgan fingerprint density at radius 3 is 2.61 bits per heavy atom. The summed E-state index contributed by atoms with van der Waals surface area (Å²) in [4.78, 5) is 15.2. The quantitative estimate of drug-likeness (QED) is 0.568. The average Bonchev–Trinajstić information content (AvgIpc) is 2.95. The molecule has 23 heavy (non-hydrogen) atoms. The molecule has 0 aliphatic rings. The first-order valence-electron chi connectivity index (χ1n) is 7.49. The molecule has 4 aromatic rings. The highest BCUT2D eigenvalue weighted by Crippen LogP contribution is 2.35. The molecule has 0 saturated heterocycles. The van der Waals surface area contributed by atoms with Crippen molar-refractivity contribution in [1.29, 1.82) is 0 Å². The summed E-state index contributed by atoms with van der Waals surface area (Å²) in [7, 11) is 0. The van der Waals surface area contributed by atoms with Crippen LogP contribution < -0.4 is 10.3 Å². The molecule has 0 spiro atoms. The van der Waals surface area contributed by atoms with Crippen LogP contribution >= 0.6 is 0 Å². The highest BCUT2D eigenvalue weighted by Gasteiger charge is 2.15. The Labute approximate surface area is 131 Å². The van der Waals surface area contributed by atoms with E-state index in [0.29, 0.717) is 40.8 Å². The van der Waals surface area contributed by atoms with Crippen LogP contribution in [-0.4, -0.2) is 23.3 Å². The lowest BCUT2D eigenvalue weighted by Crippen LogP contribution is -2.05. The number of benzene rings is 2. The Hall–Kier alpha value is -2.79. The predicted molar refractivity (Wildman–Crippen MR) is 89.0 cm³/mol. The van der Waals surface area contributed by atoms with E-state index in [1.165, 1.54) is 0 Å². The van der Waals surface area contributed by atoms with Gasteiger partial charge in [0.2, 0.25) is 0 Å². The van der Waals surface area contributed by atoms with E-state index in [-0.39, 0.29) is 12.2 Å². The molecule has 2 N–H and O–H groups in total. The van der Waals surface area contributed by atoms with Gasteiger partial charge in [-0.3, -0.25) is 4.79 Å². The molecule has 2 aromatic heterocycles. The summed E-state index contributed by atoms with van der Waals surface area (Å²) < 4.78 is 11.7. The van der Waals surface area contributed by atoms with Gasteiger partial charge in [0.15, 0.2) is 16.9 Å². The van der Waals surface area contributed by atoms with Crippen LogP contribution in [0.1, 0.15) is 6.42 Å². The van der Waals surface area contributed by atoms with E-state index in [0.717, 1.165) is 10.8 Å². The van der Waals surface area contributed by atoms with Crippen molar-refractivity contribution in [2.75, 3.05) is 13.2 Å². The Balaban J connectivity index is 2.02. The topological polar surface area (TPSA) is 75.5 Å². The lowest BCUT2D eigenvalue weighted by atomic mass is 10.1. The van der Waals surface area contributed by atoms with Gasteiger partial charge >= 0.3 is 0 Å². The van der Waals surface area contributed by atoms with Crippen molar-refractivity contribution in [1.82, 2.24) is 4.98 Å². The highest BCUT2D eigenvalue weighted by molar-refractivity contribution is 6.13. The van der Waals surface area contributed by atoms with Crippen LogP contribution in [0.5, 0.6) is 5.75 Å². The summed E-state index contributed by atoms with van der Waals surface area (Å²) in [6.07, 6.45) is 0.552. The number of aliphatic hydroxyl groups is 1. The van der Waals surface area contributed by atoms with Crippen LogP contribution in [0.25, 0.3) is 32.8 Å². The fourth-order valence-electron chi connectivity index (χ4n) is 2.83. The summed E-state index contributed by atoms with van der Waals surface area (Å²) >= 11 is 0. The number of furan rings is 1. The van der Waals surface area contributed by atoms with Gasteiger partial charge in [-0.1, -0.05) is 24.3 Å². The van der Waals surface area contributed by atoms with Crippen LogP contribution in [0.3, 0.4) is 0 Å². The number of pyridine rings is 1. The molecular weight excluding hydrogens is 294 g/mol. The second-order valence-electron chi connectivity index (χ2n) is 5.36. The molecule has 116 valence electrons. The number of hydrogen-bond donors (Lipinski definition) is 2. The number of fused-ring (bicyclic) bond motifs is 5. The van der Waals surface area contributed by atoms with Gasteiger partial charge in [0, 0.05) is 23.8 Å². The number of hydrogen-bond acceptors (Lipinski definition) is 4. The predicted octanol–water partition coefficient (Wildman–Crippen LogP) is 3.19. The van der Waals surface area contributed by atoms with E-state index < -0.39 is 0 Å². The third-order valence-corrected chi connectivity index (χ3v) is 3.89. The van der Waals surface area contributed by atoms with Crippen LogP contribution in [0.4, 0.5) is 0 Å². The monoisotopic (exact) mass is 309 g/mol. The fourth-order valence-corrected chi connectivity index (χ4v) is 2.83. The number of H-pyrrole nitrogens is 1. The van der Waals surface area contributed by atoms with Gasteiger partial charge in [-0.15, -0.1) is 0 Å². The summed E-state index contributed by atoms with van der Waals surface area (Å²) in [5, 5.41) is 11.1. The number of ether oxygens (including phenoxy) is 1. The van der Waals surface area contributed by atoms with Gasteiger partial charge in [0.1, 0.15) is 0 Å². The number of aliphatic hydroxyl groups excluding tert-OH is 1. The molecule has 0 aliphatic carbocycles. The highest BCUT2D eigenvalue weighted by atomic mass is 16.5. The molecule has 0 atom stereocenters. The van der Waals surface area contributed by atoms with Gasteiger partial charge in [-0.05, 0) is 18.2 Å². The van der Waals surface area contributed by atoms with E-state index >= 15 is 0 Å². The summed E-state index contributed by atoms with van der Waals surface area (Å²) in [5.74, 6) is 0.608. The normalized spacial score (nSPS) is 11.5. The molecule has 0 unspecified atom stereocenters. The number of nitrogens with one attached hydrogen (secondary N) is 1. The zero-order valence-corrected chi connectivity index (χ0v) is 12.3. The van der Waals surface area contributed by atoms with Crippen LogP contribution in [0, 0.1) is 0 Å². The Morgan fingerprint density at radius 1 is 1.00 bits per heavy atom. The minimum absolute atomic E-state index is 0.0774. The number of aromatic amines is 1. The molecular formula is C18H15NO4. The first-order valence-corrected chi connectivity index (χ1v) is 7.49. The van der Waals surface area contributed by atoms with Crippen LogP contribution in [0.15, 0.2) is 51.7 Å². The van der Waals surface area contributed by atoms with E-state index in [2.05, 4.69) is 4.98 Å². The van der Waals surface area contributed by atoms with E-state index in [1.54, 1.807) is 6.07 Å². The first kappa shape index (κ1) is 13.8. The molecule has 5 heteroatoms. The maximum atomic E-state index is 12.3. The molecule has 0 saturated carbocycles. The Kier molecular flexibility index (Phi) is 3.28. The fraction of sp³-hybridized carbons (Fsp3) is 0.167. The van der Waals surface area contributed by atoms with Crippen molar-refractivity contribution in [3.63, 3.8) is 0 Å². The molecule has 0 bridgehead atoms. The second-order valence-corrected chi connectivity index (χ2v) is 5.36. The number of aromatic nitrogens is 1. The molecule has 4 rings (SSSR count). The zero-order valence-electron chi connectivity index (χ0n) is 12.3. The van der Waals surface area contributed by atoms with Crippen molar-refractivity contribution in [3.8, 4) is 5.75 Å². The van der Waals surface area contributed by atoms with Crippen molar-refractivity contribution in [2.24, 2.45) is 0 Å². The molecule has 2 heterocycles. The van der Waals surface area contributed by atoms with E-state index in [1.807, 2.05) is 36.4 Å². The Bertz CT molecular complexity index is 1060. The van der Waals surface area contributed by atoms with Gasteiger partial charge in [-0.2, -0.15) is 0 Å². The van der Waals surface area contributed by atoms with Crippen molar-refractivity contribution in [2.45, 2.75) is 6.42 Å². The van der Waals surface area contributed by atoms with Gasteiger partial charge < -0.3 is 19.2 Å². The molecule has 0 radical (unpaired) electrons. The van der Waals surface area contributed by atoms with Crippen molar-refractivity contribution >= 4 is 32.8 Å². The SMILES string of the molecule is O=c1[nH]c2c3cccc(OCCCO)c3oc2c2ccccc12. The minimum atomic E-state index is -0.137. The summed E-state index contributed by atoms with van der Waals surface area (Å²) in [6, 6.07) is 12.9. The Morgan fingerprint density at radius 2 is 1.78 bits per heavy atom.